The monoisotopic (exact) mass is 189 g/mol. The highest BCUT2D eigenvalue weighted by Gasteiger charge is 2.28. The largest absolute Gasteiger partial charge is 0.311 e. The minimum atomic E-state index is 0.618. The van der Waals surface area contributed by atoms with Gasteiger partial charge in [0.2, 0.25) is 0 Å². The highest BCUT2D eigenvalue weighted by Crippen LogP contribution is 2.30. The topological polar surface area (TPSA) is 12.0 Å². The van der Waals surface area contributed by atoms with Crippen LogP contribution in [0.1, 0.15) is 37.3 Å². The van der Waals surface area contributed by atoms with E-state index >= 15 is 0 Å². The van der Waals surface area contributed by atoms with Crippen LogP contribution in [0.15, 0.2) is 24.3 Å². The lowest BCUT2D eigenvalue weighted by atomic mass is 9.91. The smallest absolute Gasteiger partial charge is 0.0110 e. The lowest BCUT2D eigenvalue weighted by Gasteiger charge is -2.15. The van der Waals surface area contributed by atoms with Crippen LogP contribution in [-0.4, -0.2) is 12.1 Å². The van der Waals surface area contributed by atoms with Crippen molar-refractivity contribution in [2.75, 3.05) is 0 Å². The standard InChI is InChI=1S/C13H19N/c1-9-4-6-12(7-5-9)13-8-10(2)14-11(13)3/h4-7,10-11,13-14H,8H2,1-3H3. The Hall–Kier alpha value is -0.820. The third kappa shape index (κ3) is 1.83. The first-order valence-electron chi connectivity index (χ1n) is 5.49. The van der Waals surface area contributed by atoms with Crippen LogP contribution in [-0.2, 0) is 0 Å². The zero-order valence-electron chi connectivity index (χ0n) is 9.25. The quantitative estimate of drug-likeness (QED) is 0.716. The first-order chi connectivity index (χ1) is 6.66. The third-order valence-electron chi connectivity index (χ3n) is 3.26. The van der Waals surface area contributed by atoms with Crippen LogP contribution >= 0.6 is 0 Å². The van der Waals surface area contributed by atoms with Gasteiger partial charge in [0.15, 0.2) is 0 Å². The molecule has 1 aliphatic heterocycles. The molecular formula is C13H19N. The molecule has 1 aliphatic rings. The van der Waals surface area contributed by atoms with Gasteiger partial charge in [0.1, 0.15) is 0 Å². The first kappa shape index (κ1) is 9.72. The maximum absolute atomic E-state index is 3.58. The summed E-state index contributed by atoms with van der Waals surface area (Å²) in [4.78, 5) is 0. The molecule has 14 heavy (non-hydrogen) atoms. The molecule has 1 aromatic rings. The molecule has 1 fully saturated rings. The Labute approximate surface area is 86.5 Å². The predicted octanol–water partition coefficient (Wildman–Crippen LogP) is 2.85. The van der Waals surface area contributed by atoms with Gasteiger partial charge in [0.25, 0.3) is 0 Å². The van der Waals surface area contributed by atoms with Crippen LogP contribution in [0.25, 0.3) is 0 Å². The van der Waals surface area contributed by atoms with Crippen LogP contribution in [0.3, 0.4) is 0 Å². The number of aryl methyl sites for hydroxylation is 1. The third-order valence-corrected chi connectivity index (χ3v) is 3.26. The number of hydrogen-bond donors (Lipinski definition) is 1. The van der Waals surface area contributed by atoms with E-state index in [9.17, 15) is 0 Å². The van der Waals surface area contributed by atoms with E-state index < -0.39 is 0 Å². The van der Waals surface area contributed by atoms with Gasteiger partial charge >= 0.3 is 0 Å². The van der Waals surface area contributed by atoms with E-state index in [4.69, 9.17) is 0 Å². The molecule has 3 unspecified atom stereocenters. The zero-order valence-corrected chi connectivity index (χ0v) is 9.25. The lowest BCUT2D eigenvalue weighted by Crippen LogP contribution is -2.26. The molecule has 76 valence electrons. The summed E-state index contributed by atoms with van der Waals surface area (Å²) in [5.41, 5.74) is 2.83. The van der Waals surface area contributed by atoms with Gasteiger partial charge in [-0.1, -0.05) is 29.8 Å². The molecule has 1 nitrogen and oxygen atoms in total. The Morgan fingerprint density at radius 2 is 1.79 bits per heavy atom. The van der Waals surface area contributed by atoms with Gasteiger partial charge in [-0.25, -0.2) is 0 Å². The second-order valence-electron chi connectivity index (χ2n) is 4.61. The molecule has 1 N–H and O–H groups in total. The Balaban J connectivity index is 2.19. The zero-order chi connectivity index (χ0) is 10.1. The minimum Gasteiger partial charge on any atom is -0.311 e. The van der Waals surface area contributed by atoms with E-state index in [1.54, 1.807) is 0 Å². The first-order valence-corrected chi connectivity index (χ1v) is 5.49. The number of rotatable bonds is 1. The second kappa shape index (κ2) is 3.74. The Bertz CT molecular complexity index is 302. The van der Waals surface area contributed by atoms with Crippen molar-refractivity contribution < 1.29 is 0 Å². The Kier molecular flexibility index (Phi) is 2.60. The highest BCUT2D eigenvalue weighted by molar-refractivity contribution is 5.26. The van der Waals surface area contributed by atoms with Crippen molar-refractivity contribution in [3.63, 3.8) is 0 Å². The maximum atomic E-state index is 3.58. The molecular weight excluding hydrogens is 170 g/mol. The molecule has 0 aromatic heterocycles. The fourth-order valence-corrected chi connectivity index (χ4v) is 2.46. The van der Waals surface area contributed by atoms with E-state index in [0.717, 1.165) is 0 Å². The van der Waals surface area contributed by atoms with Gasteiger partial charge in [-0.2, -0.15) is 0 Å². The van der Waals surface area contributed by atoms with Crippen molar-refractivity contribution in [3.05, 3.63) is 35.4 Å². The molecule has 3 atom stereocenters. The molecule has 2 rings (SSSR count). The maximum Gasteiger partial charge on any atom is 0.0110 e. The molecule has 1 aromatic carbocycles. The summed E-state index contributed by atoms with van der Waals surface area (Å²) in [5.74, 6) is 0.700. The molecule has 0 amide bonds. The Morgan fingerprint density at radius 3 is 2.29 bits per heavy atom. The molecule has 1 heterocycles. The molecule has 0 bridgehead atoms. The molecule has 0 spiro atoms. The fourth-order valence-electron chi connectivity index (χ4n) is 2.46. The normalized spacial score (nSPS) is 32.1. The Morgan fingerprint density at radius 1 is 1.14 bits per heavy atom. The summed E-state index contributed by atoms with van der Waals surface area (Å²) in [6, 6.07) is 10.3. The van der Waals surface area contributed by atoms with Crippen LogP contribution < -0.4 is 5.32 Å². The lowest BCUT2D eigenvalue weighted by molar-refractivity contribution is 0.575. The van der Waals surface area contributed by atoms with Gasteiger partial charge in [-0.05, 0) is 32.8 Å². The van der Waals surface area contributed by atoms with E-state index in [-0.39, 0.29) is 0 Å². The van der Waals surface area contributed by atoms with Crippen LogP contribution in [0.2, 0.25) is 0 Å². The predicted molar refractivity (Wildman–Crippen MR) is 60.6 cm³/mol. The van der Waals surface area contributed by atoms with Gasteiger partial charge in [-0.3, -0.25) is 0 Å². The summed E-state index contributed by atoms with van der Waals surface area (Å²) in [6.07, 6.45) is 1.27. The van der Waals surface area contributed by atoms with Crippen LogP contribution in [0.5, 0.6) is 0 Å². The number of nitrogens with one attached hydrogen (secondary N) is 1. The van der Waals surface area contributed by atoms with Crippen molar-refractivity contribution in [1.82, 2.24) is 5.32 Å². The summed E-state index contributed by atoms with van der Waals surface area (Å²) in [7, 11) is 0. The fraction of sp³-hybridized carbons (Fsp3) is 0.538. The molecule has 1 saturated heterocycles. The van der Waals surface area contributed by atoms with Crippen molar-refractivity contribution in [2.24, 2.45) is 0 Å². The van der Waals surface area contributed by atoms with Crippen molar-refractivity contribution in [3.8, 4) is 0 Å². The van der Waals surface area contributed by atoms with Gasteiger partial charge < -0.3 is 5.32 Å². The van der Waals surface area contributed by atoms with E-state index in [1.807, 2.05) is 0 Å². The van der Waals surface area contributed by atoms with Crippen LogP contribution in [0, 0.1) is 6.92 Å². The van der Waals surface area contributed by atoms with E-state index in [0.29, 0.717) is 18.0 Å². The number of benzene rings is 1. The molecule has 1 heteroatoms. The molecule has 0 saturated carbocycles. The highest BCUT2D eigenvalue weighted by atomic mass is 15.0. The van der Waals surface area contributed by atoms with Crippen LogP contribution in [0.4, 0.5) is 0 Å². The van der Waals surface area contributed by atoms with Gasteiger partial charge in [-0.15, -0.1) is 0 Å². The average molecular weight is 189 g/mol. The molecule has 0 radical (unpaired) electrons. The summed E-state index contributed by atoms with van der Waals surface area (Å²) in [6.45, 7) is 6.70. The summed E-state index contributed by atoms with van der Waals surface area (Å²) >= 11 is 0. The summed E-state index contributed by atoms with van der Waals surface area (Å²) < 4.78 is 0. The van der Waals surface area contributed by atoms with Gasteiger partial charge in [0.05, 0.1) is 0 Å². The minimum absolute atomic E-state index is 0.618. The van der Waals surface area contributed by atoms with E-state index in [2.05, 4.69) is 50.4 Å². The van der Waals surface area contributed by atoms with E-state index in [1.165, 1.54) is 17.5 Å². The number of hydrogen-bond acceptors (Lipinski definition) is 1. The van der Waals surface area contributed by atoms with Crippen molar-refractivity contribution in [1.29, 1.82) is 0 Å². The van der Waals surface area contributed by atoms with Gasteiger partial charge in [0, 0.05) is 18.0 Å². The SMILES string of the molecule is Cc1ccc(C2CC(C)NC2C)cc1. The van der Waals surface area contributed by atoms with Crippen molar-refractivity contribution in [2.45, 2.75) is 45.2 Å². The average Bonchev–Trinajstić information content (AvgIpc) is 2.47. The second-order valence-corrected chi connectivity index (χ2v) is 4.61. The molecule has 0 aliphatic carbocycles. The summed E-state index contributed by atoms with van der Waals surface area (Å²) in [5, 5.41) is 3.58. The van der Waals surface area contributed by atoms with Crippen molar-refractivity contribution >= 4 is 0 Å².